The Hall–Kier alpha value is -1.03. The van der Waals surface area contributed by atoms with Crippen LogP contribution >= 0.6 is 0 Å². The molecule has 1 fully saturated rings. The van der Waals surface area contributed by atoms with E-state index in [0.29, 0.717) is 6.04 Å². The minimum absolute atomic E-state index is 0.632. The lowest BCUT2D eigenvalue weighted by atomic mass is 9.93. The van der Waals surface area contributed by atoms with Gasteiger partial charge in [-0.25, -0.2) is 4.98 Å². The van der Waals surface area contributed by atoms with Gasteiger partial charge in [0.05, 0.1) is 12.3 Å². The molecule has 0 saturated heterocycles. The van der Waals surface area contributed by atoms with Crippen molar-refractivity contribution in [2.75, 3.05) is 19.0 Å². The summed E-state index contributed by atoms with van der Waals surface area (Å²) in [5, 5.41) is 3.47. The molecule has 0 aliphatic heterocycles. The summed E-state index contributed by atoms with van der Waals surface area (Å²) in [4.78, 5) is 4.48. The monoisotopic (exact) mass is 209 g/mol. The van der Waals surface area contributed by atoms with Crippen LogP contribution in [0.2, 0.25) is 0 Å². The van der Waals surface area contributed by atoms with Crippen molar-refractivity contribution in [2.24, 2.45) is 0 Å². The Morgan fingerprint density at radius 3 is 3.00 bits per heavy atom. The van der Waals surface area contributed by atoms with Gasteiger partial charge in [-0.1, -0.05) is 0 Å². The lowest BCUT2D eigenvalue weighted by molar-refractivity contribution is 0.187. The van der Waals surface area contributed by atoms with Gasteiger partial charge in [-0.05, 0) is 26.2 Å². The van der Waals surface area contributed by atoms with Crippen molar-refractivity contribution < 1.29 is 4.74 Å². The maximum atomic E-state index is 5.08. The van der Waals surface area contributed by atoms with Crippen LogP contribution in [0.15, 0.2) is 6.20 Å². The third kappa shape index (κ3) is 2.50. The van der Waals surface area contributed by atoms with E-state index in [9.17, 15) is 0 Å². The number of nitrogens with zero attached hydrogens (tertiary/aromatic N) is 2. The van der Waals surface area contributed by atoms with Crippen LogP contribution in [0.4, 0.5) is 5.95 Å². The molecule has 1 aliphatic carbocycles. The van der Waals surface area contributed by atoms with Gasteiger partial charge in [-0.3, -0.25) is 0 Å². The Morgan fingerprint density at radius 2 is 2.40 bits per heavy atom. The molecule has 0 bridgehead atoms. The van der Waals surface area contributed by atoms with E-state index in [4.69, 9.17) is 4.74 Å². The summed E-state index contributed by atoms with van der Waals surface area (Å²) in [6.45, 7) is 3.62. The van der Waals surface area contributed by atoms with Crippen LogP contribution in [0.5, 0.6) is 0 Å². The summed E-state index contributed by atoms with van der Waals surface area (Å²) >= 11 is 0. The van der Waals surface area contributed by atoms with Crippen molar-refractivity contribution in [1.29, 1.82) is 0 Å². The third-order valence-electron chi connectivity index (χ3n) is 2.87. The average Bonchev–Trinajstić information content (AvgIpc) is 2.49. The average molecular weight is 209 g/mol. The Bertz CT molecular complexity index is 318. The number of imidazole rings is 1. The first-order valence-electron chi connectivity index (χ1n) is 5.59. The number of nitrogens with one attached hydrogen (secondary N) is 1. The molecule has 4 heteroatoms. The molecule has 0 atom stereocenters. The predicted molar refractivity (Wildman–Crippen MR) is 60.1 cm³/mol. The van der Waals surface area contributed by atoms with Gasteiger partial charge < -0.3 is 14.6 Å². The van der Waals surface area contributed by atoms with Crippen LogP contribution in [0.1, 0.15) is 25.0 Å². The molecule has 2 rings (SSSR count). The van der Waals surface area contributed by atoms with E-state index in [1.54, 1.807) is 7.11 Å². The number of aryl methyl sites for hydroxylation is 1. The van der Waals surface area contributed by atoms with E-state index in [-0.39, 0.29) is 0 Å². The van der Waals surface area contributed by atoms with Crippen LogP contribution < -0.4 is 5.32 Å². The third-order valence-corrected chi connectivity index (χ3v) is 2.87. The topological polar surface area (TPSA) is 39.1 Å². The molecule has 4 nitrogen and oxygen atoms in total. The van der Waals surface area contributed by atoms with E-state index in [1.165, 1.54) is 19.3 Å². The smallest absolute Gasteiger partial charge is 0.203 e. The van der Waals surface area contributed by atoms with Crippen LogP contribution in [-0.2, 0) is 11.3 Å². The van der Waals surface area contributed by atoms with Crippen LogP contribution in [0.25, 0.3) is 0 Å². The molecule has 1 aliphatic rings. The quantitative estimate of drug-likeness (QED) is 0.803. The van der Waals surface area contributed by atoms with Gasteiger partial charge in [-0.15, -0.1) is 0 Å². The number of hydrogen-bond donors (Lipinski definition) is 1. The molecule has 1 heterocycles. The zero-order valence-electron chi connectivity index (χ0n) is 9.49. The minimum Gasteiger partial charge on any atom is -0.383 e. The van der Waals surface area contributed by atoms with Crippen LogP contribution in [-0.4, -0.2) is 29.3 Å². The number of anilines is 1. The summed E-state index contributed by atoms with van der Waals surface area (Å²) in [7, 11) is 1.73. The van der Waals surface area contributed by atoms with Gasteiger partial charge in [0.15, 0.2) is 0 Å². The Kier molecular flexibility index (Phi) is 3.26. The SMILES string of the molecule is COCCn1cc(C)nc1NC1CCC1. The zero-order valence-corrected chi connectivity index (χ0v) is 9.49. The number of aromatic nitrogens is 2. The summed E-state index contributed by atoms with van der Waals surface area (Å²) < 4.78 is 7.21. The lowest BCUT2D eigenvalue weighted by Crippen LogP contribution is -2.28. The van der Waals surface area contributed by atoms with Gasteiger partial charge in [0.2, 0.25) is 5.95 Å². The van der Waals surface area contributed by atoms with Crippen molar-refractivity contribution in [3.63, 3.8) is 0 Å². The van der Waals surface area contributed by atoms with Gasteiger partial charge in [0.25, 0.3) is 0 Å². The van der Waals surface area contributed by atoms with Gasteiger partial charge in [0, 0.05) is 25.9 Å². The van der Waals surface area contributed by atoms with Gasteiger partial charge in [0.1, 0.15) is 0 Å². The maximum Gasteiger partial charge on any atom is 0.203 e. The van der Waals surface area contributed by atoms with Crippen LogP contribution in [0.3, 0.4) is 0 Å². The standard InChI is InChI=1S/C11H19N3O/c1-9-8-14(6-7-15-2)11(12-9)13-10-4-3-5-10/h8,10H,3-7H2,1-2H3,(H,12,13). The predicted octanol–water partition coefficient (Wildman–Crippen LogP) is 1.80. The highest BCUT2D eigenvalue weighted by Crippen LogP contribution is 2.22. The van der Waals surface area contributed by atoms with Crippen molar-refractivity contribution >= 4 is 5.95 Å². The normalized spacial score (nSPS) is 16.4. The summed E-state index contributed by atoms with van der Waals surface area (Å²) in [6.07, 6.45) is 5.96. The van der Waals surface area contributed by atoms with E-state index >= 15 is 0 Å². The maximum absolute atomic E-state index is 5.08. The highest BCUT2D eigenvalue weighted by atomic mass is 16.5. The lowest BCUT2D eigenvalue weighted by Gasteiger charge is -2.27. The molecule has 0 spiro atoms. The largest absolute Gasteiger partial charge is 0.383 e. The first-order valence-corrected chi connectivity index (χ1v) is 5.59. The molecule has 1 N–H and O–H groups in total. The van der Waals surface area contributed by atoms with E-state index in [2.05, 4.69) is 21.1 Å². The second-order valence-corrected chi connectivity index (χ2v) is 4.16. The highest BCUT2D eigenvalue weighted by Gasteiger charge is 2.19. The summed E-state index contributed by atoms with van der Waals surface area (Å²) in [6, 6.07) is 0.632. The van der Waals surface area contributed by atoms with Gasteiger partial charge in [-0.2, -0.15) is 0 Å². The molecule has 1 saturated carbocycles. The number of ether oxygens (including phenoxy) is 1. The first kappa shape index (κ1) is 10.5. The Balaban J connectivity index is 1.99. The van der Waals surface area contributed by atoms with Crippen molar-refractivity contribution in [1.82, 2.24) is 9.55 Å². The summed E-state index contributed by atoms with van der Waals surface area (Å²) in [5.74, 6) is 0.995. The zero-order chi connectivity index (χ0) is 10.7. The van der Waals surface area contributed by atoms with E-state index < -0.39 is 0 Å². The fourth-order valence-corrected chi connectivity index (χ4v) is 1.76. The Labute approximate surface area is 90.6 Å². The minimum atomic E-state index is 0.632. The molecular weight excluding hydrogens is 190 g/mol. The number of hydrogen-bond acceptors (Lipinski definition) is 3. The Morgan fingerprint density at radius 1 is 1.60 bits per heavy atom. The second kappa shape index (κ2) is 4.66. The van der Waals surface area contributed by atoms with Crippen molar-refractivity contribution in [2.45, 2.75) is 38.8 Å². The molecule has 84 valence electrons. The molecule has 0 aromatic carbocycles. The summed E-state index contributed by atoms with van der Waals surface area (Å²) in [5.41, 5.74) is 1.06. The number of methoxy groups -OCH3 is 1. The molecular formula is C11H19N3O. The van der Waals surface area contributed by atoms with Crippen LogP contribution in [0, 0.1) is 6.92 Å². The van der Waals surface area contributed by atoms with Crippen molar-refractivity contribution in [3.05, 3.63) is 11.9 Å². The molecule has 1 aromatic heterocycles. The molecule has 0 unspecified atom stereocenters. The van der Waals surface area contributed by atoms with Gasteiger partial charge >= 0.3 is 0 Å². The van der Waals surface area contributed by atoms with E-state index in [1.807, 2.05) is 6.92 Å². The number of rotatable bonds is 5. The highest BCUT2D eigenvalue weighted by molar-refractivity contribution is 5.30. The van der Waals surface area contributed by atoms with E-state index in [0.717, 1.165) is 24.8 Å². The molecule has 15 heavy (non-hydrogen) atoms. The van der Waals surface area contributed by atoms with Crippen molar-refractivity contribution in [3.8, 4) is 0 Å². The molecule has 1 aromatic rings. The fraction of sp³-hybridized carbons (Fsp3) is 0.727. The second-order valence-electron chi connectivity index (χ2n) is 4.16. The fourth-order valence-electron chi connectivity index (χ4n) is 1.76. The molecule has 0 amide bonds. The molecule has 0 radical (unpaired) electrons. The first-order chi connectivity index (χ1) is 7.29.